The van der Waals surface area contributed by atoms with Gasteiger partial charge in [0.15, 0.2) is 6.10 Å². The van der Waals surface area contributed by atoms with E-state index in [1.165, 1.54) is 18.2 Å². The molecule has 1 aliphatic rings. The molecular formula is C16H14O11. The molecule has 0 spiro atoms. The van der Waals surface area contributed by atoms with Gasteiger partial charge >= 0.3 is 17.6 Å². The summed E-state index contributed by atoms with van der Waals surface area (Å²) in [7, 11) is 0. The monoisotopic (exact) mass is 382 g/mol. The third kappa shape index (κ3) is 3.48. The molecule has 2 aromatic rings. The molecule has 0 amide bonds. The minimum atomic E-state index is -1.86. The normalized spacial score (nSPS) is 28.0. The quantitative estimate of drug-likeness (QED) is 0.399. The zero-order valence-electron chi connectivity index (χ0n) is 13.4. The molecule has 0 aliphatic carbocycles. The lowest BCUT2D eigenvalue weighted by Gasteiger charge is -2.38. The molecule has 1 saturated heterocycles. The number of aliphatic carboxylic acids is 1. The molecule has 1 aliphatic heterocycles. The SMILES string of the molecule is O=C(O)c1cc2ccc(O[C@@H]3O[C@H](C(=O)O)[C@@H](O)[C@H](O)[C@H]3O)cc2oc1=O. The smallest absolute Gasteiger partial charge is 0.351 e. The molecule has 27 heavy (non-hydrogen) atoms. The number of rotatable bonds is 4. The number of fused-ring (bicyclic) bond motifs is 1. The molecule has 1 aromatic carbocycles. The van der Waals surface area contributed by atoms with Crippen LogP contribution in [0.2, 0.25) is 0 Å². The Labute approximate surface area is 149 Å². The average molecular weight is 382 g/mol. The highest BCUT2D eigenvalue weighted by molar-refractivity contribution is 5.91. The molecule has 11 nitrogen and oxygen atoms in total. The van der Waals surface area contributed by atoms with Crippen molar-refractivity contribution in [2.75, 3.05) is 0 Å². The third-order valence-corrected chi connectivity index (χ3v) is 4.00. The minimum Gasteiger partial charge on any atom is -0.479 e. The molecule has 11 heteroatoms. The predicted octanol–water partition coefficient (Wildman–Crippen LogP) is -1.24. The lowest BCUT2D eigenvalue weighted by molar-refractivity contribution is -0.271. The largest absolute Gasteiger partial charge is 0.479 e. The fourth-order valence-electron chi connectivity index (χ4n) is 2.60. The lowest BCUT2D eigenvalue weighted by atomic mass is 9.99. The summed E-state index contributed by atoms with van der Waals surface area (Å²) in [5, 5.41) is 47.5. The van der Waals surface area contributed by atoms with Crippen LogP contribution in [0.4, 0.5) is 0 Å². The molecule has 0 radical (unpaired) electrons. The Balaban J connectivity index is 1.89. The Morgan fingerprint density at radius 2 is 1.70 bits per heavy atom. The first kappa shape index (κ1) is 18.8. The van der Waals surface area contributed by atoms with E-state index < -0.39 is 53.8 Å². The summed E-state index contributed by atoms with van der Waals surface area (Å²) in [5.41, 5.74) is -1.66. The summed E-state index contributed by atoms with van der Waals surface area (Å²) in [4.78, 5) is 33.7. The second-order valence-electron chi connectivity index (χ2n) is 5.81. The Kier molecular flexibility index (Phi) is 4.85. The van der Waals surface area contributed by atoms with Gasteiger partial charge in [0, 0.05) is 11.5 Å². The second kappa shape index (κ2) is 6.96. The summed E-state index contributed by atoms with van der Waals surface area (Å²) >= 11 is 0. The van der Waals surface area contributed by atoms with Crippen LogP contribution in [0.5, 0.6) is 5.75 Å². The number of aliphatic hydroxyl groups is 3. The van der Waals surface area contributed by atoms with Crippen molar-refractivity contribution >= 4 is 22.9 Å². The maximum absolute atomic E-state index is 11.6. The fraction of sp³-hybridized carbons (Fsp3) is 0.312. The van der Waals surface area contributed by atoms with Gasteiger partial charge in [0.25, 0.3) is 0 Å². The van der Waals surface area contributed by atoms with Crippen LogP contribution < -0.4 is 10.4 Å². The lowest BCUT2D eigenvalue weighted by Crippen LogP contribution is -2.61. The number of ether oxygens (including phenoxy) is 2. The van der Waals surface area contributed by atoms with Crippen LogP contribution in [0.15, 0.2) is 33.5 Å². The van der Waals surface area contributed by atoms with Crippen molar-refractivity contribution in [3.8, 4) is 5.75 Å². The molecule has 1 fully saturated rings. The molecule has 0 unspecified atom stereocenters. The van der Waals surface area contributed by atoms with Crippen molar-refractivity contribution in [1.82, 2.24) is 0 Å². The zero-order chi connectivity index (χ0) is 19.9. The van der Waals surface area contributed by atoms with Gasteiger partial charge in [0.1, 0.15) is 35.2 Å². The summed E-state index contributed by atoms with van der Waals surface area (Å²) in [6.07, 6.45) is -8.91. The molecule has 1 aromatic heterocycles. The number of carbonyl (C=O) groups is 2. The van der Waals surface area contributed by atoms with E-state index in [2.05, 4.69) is 0 Å². The maximum Gasteiger partial charge on any atom is 0.351 e. The van der Waals surface area contributed by atoms with E-state index in [-0.39, 0.29) is 16.7 Å². The van der Waals surface area contributed by atoms with Gasteiger partial charge in [-0.1, -0.05) is 0 Å². The van der Waals surface area contributed by atoms with Gasteiger partial charge in [-0.2, -0.15) is 0 Å². The Morgan fingerprint density at radius 3 is 2.33 bits per heavy atom. The predicted molar refractivity (Wildman–Crippen MR) is 84.4 cm³/mol. The van der Waals surface area contributed by atoms with E-state index in [1.54, 1.807) is 0 Å². The summed E-state index contributed by atoms with van der Waals surface area (Å²) in [6, 6.07) is 5.01. The van der Waals surface area contributed by atoms with Crippen molar-refractivity contribution in [3.05, 3.63) is 40.2 Å². The van der Waals surface area contributed by atoms with Crippen LogP contribution >= 0.6 is 0 Å². The number of aliphatic hydroxyl groups excluding tert-OH is 3. The second-order valence-corrected chi connectivity index (χ2v) is 5.81. The van der Waals surface area contributed by atoms with E-state index in [1.807, 2.05) is 0 Å². The van der Waals surface area contributed by atoms with Crippen molar-refractivity contribution in [2.45, 2.75) is 30.7 Å². The van der Waals surface area contributed by atoms with Crippen LogP contribution in [0.1, 0.15) is 10.4 Å². The first-order valence-corrected chi connectivity index (χ1v) is 7.59. The van der Waals surface area contributed by atoms with E-state index >= 15 is 0 Å². The Hall–Kier alpha value is -2.99. The molecule has 144 valence electrons. The summed E-state index contributed by atoms with van der Waals surface area (Å²) in [5.74, 6) is -3.03. The summed E-state index contributed by atoms with van der Waals surface area (Å²) < 4.78 is 15.2. The van der Waals surface area contributed by atoms with Gasteiger partial charge in [-0.3, -0.25) is 0 Å². The van der Waals surface area contributed by atoms with Crippen LogP contribution in [-0.2, 0) is 9.53 Å². The first-order valence-electron chi connectivity index (χ1n) is 7.59. The highest BCUT2D eigenvalue weighted by Gasteiger charge is 2.48. The van der Waals surface area contributed by atoms with Gasteiger partial charge < -0.3 is 39.4 Å². The van der Waals surface area contributed by atoms with Gasteiger partial charge in [-0.25, -0.2) is 14.4 Å². The highest BCUT2D eigenvalue weighted by Crippen LogP contribution is 2.27. The minimum absolute atomic E-state index is 0.0227. The molecular weight excluding hydrogens is 368 g/mol. The number of aromatic carboxylic acids is 1. The van der Waals surface area contributed by atoms with E-state index in [0.717, 1.165) is 6.07 Å². The topological polar surface area (TPSA) is 184 Å². The first-order chi connectivity index (χ1) is 12.7. The van der Waals surface area contributed by atoms with E-state index in [9.17, 15) is 29.7 Å². The molecule has 5 atom stereocenters. The van der Waals surface area contributed by atoms with Crippen LogP contribution in [0.25, 0.3) is 11.0 Å². The molecule has 0 saturated carbocycles. The van der Waals surface area contributed by atoms with Crippen molar-refractivity contribution in [1.29, 1.82) is 0 Å². The van der Waals surface area contributed by atoms with Crippen LogP contribution in [0, 0.1) is 0 Å². The molecule has 5 N–H and O–H groups in total. The van der Waals surface area contributed by atoms with Crippen LogP contribution in [-0.4, -0.2) is 68.2 Å². The summed E-state index contributed by atoms with van der Waals surface area (Å²) in [6.45, 7) is 0. The van der Waals surface area contributed by atoms with Gasteiger partial charge in [0.2, 0.25) is 6.29 Å². The molecule has 2 heterocycles. The molecule has 3 rings (SSSR count). The average Bonchev–Trinajstić information content (AvgIpc) is 2.61. The van der Waals surface area contributed by atoms with E-state index in [4.69, 9.17) is 24.1 Å². The number of hydrogen-bond donors (Lipinski definition) is 5. The van der Waals surface area contributed by atoms with Crippen molar-refractivity contribution < 1.29 is 49.0 Å². The number of benzene rings is 1. The van der Waals surface area contributed by atoms with E-state index in [0.29, 0.717) is 0 Å². The number of hydrogen-bond acceptors (Lipinski definition) is 9. The third-order valence-electron chi connectivity index (χ3n) is 4.00. The van der Waals surface area contributed by atoms with Crippen molar-refractivity contribution in [2.24, 2.45) is 0 Å². The van der Waals surface area contributed by atoms with Crippen LogP contribution in [0.3, 0.4) is 0 Å². The Bertz CT molecular complexity index is 949. The fourth-order valence-corrected chi connectivity index (χ4v) is 2.60. The van der Waals surface area contributed by atoms with Gasteiger partial charge in [-0.05, 0) is 18.2 Å². The number of carboxylic acids is 2. The molecule has 0 bridgehead atoms. The Morgan fingerprint density at radius 1 is 1.00 bits per heavy atom. The highest BCUT2D eigenvalue weighted by atomic mass is 16.7. The zero-order valence-corrected chi connectivity index (χ0v) is 13.4. The van der Waals surface area contributed by atoms with Crippen molar-refractivity contribution in [3.63, 3.8) is 0 Å². The number of carboxylic acid groups (broad SMARTS) is 2. The maximum atomic E-state index is 11.6. The van der Waals surface area contributed by atoms with Gasteiger partial charge in [-0.15, -0.1) is 0 Å². The standard InChI is InChI=1S/C16H14O11/c17-9-10(18)12(14(22)23)27-16(11(9)19)25-6-2-1-5-3-7(13(20)21)15(24)26-8(5)4-6/h1-4,9-12,16-19H,(H,20,21)(H,22,23)/t9-,10-,11+,12-,16+/m0/s1. The van der Waals surface area contributed by atoms with Gasteiger partial charge in [0.05, 0.1) is 0 Å².